The van der Waals surface area contributed by atoms with Crippen LogP contribution in [0.25, 0.3) is 0 Å². The molecule has 0 aromatic rings. The van der Waals surface area contributed by atoms with E-state index >= 15 is 0 Å². The van der Waals surface area contributed by atoms with Crippen molar-refractivity contribution in [1.29, 1.82) is 0 Å². The molecule has 0 amide bonds. The van der Waals surface area contributed by atoms with Crippen molar-refractivity contribution in [2.45, 2.75) is 67.6 Å². The summed E-state index contributed by atoms with van der Waals surface area (Å²) in [7, 11) is 0. The van der Waals surface area contributed by atoms with Crippen molar-refractivity contribution in [3.63, 3.8) is 0 Å². The van der Waals surface area contributed by atoms with Crippen LogP contribution in [-0.4, -0.2) is 12.2 Å². The highest BCUT2D eigenvalue weighted by molar-refractivity contribution is 4.84. The summed E-state index contributed by atoms with van der Waals surface area (Å²) in [5.74, 6) is 1.23. The van der Waals surface area contributed by atoms with Gasteiger partial charge in [-0.15, -0.1) is 0 Å². The Balaban J connectivity index is 4.64. The van der Waals surface area contributed by atoms with Gasteiger partial charge < -0.3 is 4.74 Å². The first kappa shape index (κ1) is 14.0. The van der Waals surface area contributed by atoms with Gasteiger partial charge in [0, 0.05) is 0 Å². The zero-order valence-electron chi connectivity index (χ0n) is 11.2. The van der Waals surface area contributed by atoms with Crippen molar-refractivity contribution < 1.29 is 4.74 Å². The lowest BCUT2D eigenvalue weighted by molar-refractivity contribution is -0.0986. The summed E-state index contributed by atoms with van der Waals surface area (Å²) in [6, 6.07) is 0. The molecule has 0 fully saturated rings. The molecule has 0 spiro atoms. The molecule has 0 aliphatic carbocycles. The summed E-state index contributed by atoms with van der Waals surface area (Å²) in [5.41, 5.74) is 0.248. The van der Waals surface area contributed by atoms with Crippen LogP contribution < -0.4 is 0 Å². The second-order valence-corrected chi connectivity index (χ2v) is 5.83. The quantitative estimate of drug-likeness (QED) is 0.648. The number of ether oxygens (including phenoxy) is 1. The topological polar surface area (TPSA) is 9.23 Å². The predicted molar refractivity (Wildman–Crippen MR) is 63.5 cm³/mol. The molecule has 0 saturated heterocycles. The summed E-state index contributed by atoms with van der Waals surface area (Å²) in [4.78, 5) is 0. The Morgan fingerprint density at radius 1 is 0.857 bits per heavy atom. The van der Waals surface area contributed by atoms with Crippen LogP contribution >= 0.6 is 0 Å². The first-order valence-corrected chi connectivity index (χ1v) is 5.85. The van der Waals surface area contributed by atoms with Crippen LogP contribution in [0.15, 0.2) is 0 Å². The summed E-state index contributed by atoms with van der Waals surface area (Å²) in [5, 5.41) is 0. The van der Waals surface area contributed by atoms with Gasteiger partial charge in [-0.1, -0.05) is 41.5 Å². The molecule has 0 saturated carbocycles. The highest BCUT2D eigenvalue weighted by Gasteiger charge is 2.35. The third-order valence-electron chi connectivity index (χ3n) is 3.25. The molecule has 1 nitrogen and oxygen atoms in total. The van der Waals surface area contributed by atoms with E-state index in [9.17, 15) is 0 Å². The second-order valence-electron chi connectivity index (χ2n) is 5.83. The third-order valence-corrected chi connectivity index (χ3v) is 3.25. The van der Waals surface area contributed by atoms with Crippen LogP contribution in [0.5, 0.6) is 0 Å². The third kappa shape index (κ3) is 3.61. The monoisotopic (exact) mass is 200 g/mol. The van der Waals surface area contributed by atoms with Crippen molar-refractivity contribution in [2.24, 2.45) is 17.3 Å². The molecular weight excluding hydrogens is 172 g/mol. The molecular formula is C13H28O. The fourth-order valence-corrected chi connectivity index (χ4v) is 1.81. The van der Waals surface area contributed by atoms with Crippen molar-refractivity contribution >= 4 is 0 Å². The maximum Gasteiger partial charge on any atom is 0.0654 e. The largest absolute Gasteiger partial charge is 0.375 e. The molecule has 0 aromatic heterocycles. The summed E-state index contributed by atoms with van der Waals surface area (Å²) >= 11 is 0. The maximum atomic E-state index is 6.04. The van der Waals surface area contributed by atoms with Gasteiger partial charge in [0.25, 0.3) is 0 Å². The zero-order chi connectivity index (χ0) is 11.5. The number of hydrogen-bond acceptors (Lipinski definition) is 1. The van der Waals surface area contributed by atoms with E-state index in [0.717, 1.165) is 0 Å². The van der Waals surface area contributed by atoms with Gasteiger partial charge in [0.15, 0.2) is 0 Å². The Morgan fingerprint density at radius 2 is 1.29 bits per heavy atom. The van der Waals surface area contributed by atoms with Crippen LogP contribution in [0.2, 0.25) is 0 Å². The molecule has 0 aromatic carbocycles. The van der Waals surface area contributed by atoms with Crippen LogP contribution in [0.1, 0.15) is 55.4 Å². The van der Waals surface area contributed by atoms with Gasteiger partial charge in [0.1, 0.15) is 0 Å². The smallest absolute Gasteiger partial charge is 0.0654 e. The maximum absolute atomic E-state index is 6.04. The SMILES string of the molecule is CC(C)OC(C(C)C)C(C)(C)C(C)C. The molecule has 0 bridgehead atoms. The first-order chi connectivity index (χ1) is 6.19. The molecule has 1 atom stereocenters. The van der Waals surface area contributed by atoms with Crippen molar-refractivity contribution in [2.75, 3.05) is 0 Å². The average molecular weight is 200 g/mol. The Kier molecular flexibility index (Phi) is 5.14. The molecule has 1 unspecified atom stereocenters. The molecule has 0 aliphatic rings. The van der Waals surface area contributed by atoms with Gasteiger partial charge in [-0.2, -0.15) is 0 Å². The zero-order valence-corrected chi connectivity index (χ0v) is 11.2. The molecule has 86 valence electrons. The first-order valence-electron chi connectivity index (χ1n) is 5.85. The van der Waals surface area contributed by atoms with Crippen molar-refractivity contribution in [1.82, 2.24) is 0 Å². The lowest BCUT2D eigenvalue weighted by Crippen LogP contribution is -2.41. The van der Waals surface area contributed by atoms with E-state index in [1.54, 1.807) is 0 Å². The average Bonchev–Trinajstić information content (AvgIpc) is 1.98. The van der Waals surface area contributed by atoms with E-state index in [1.807, 2.05) is 0 Å². The molecule has 0 N–H and O–H groups in total. The highest BCUT2D eigenvalue weighted by Crippen LogP contribution is 2.36. The van der Waals surface area contributed by atoms with E-state index < -0.39 is 0 Å². The van der Waals surface area contributed by atoms with Crippen molar-refractivity contribution in [3.8, 4) is 0 Å². The fourth-order valence-electron chi connectivity index (χ4n) is 1.81. The Morgan fingerprint density at radius 3 is 1.50 bits per heavy atom. The molecule has 0 heterocycles. The van der Waals surface area contributed by atoms with Gasteiger partial charge in [0.05, 0.1) is 12.2 Å². The van der Waals surface area contributed by atoms with Gasteiger partial charge in [-0.05, 0) is 31.1 Å². The van der Waals surface area contributed by atoms with Gasteiger partial charge >= 0.3 is 0 Å². The minimum Gasteiger partial charge on any atom is -0.375 e. The minimum absolute atomic E-state index is 0.248. The Labute approximate surface area is 90.2 Å². The predicted octanol–water partition coefficient (Wildman–Crippen LogP) is 4.12. The molecule has 0 aliphatic heterocycles. The second kappa shape index (κ2) is 5.16. The van der Waals surface area contributed by atoms with E-state index in [1.165, 1.54) is 0 Å². The lowest BCUT2D eigenvalue weighted by atomic mass is 9.72. The summed E-state index contributed by atoms with van der Waals surface area (Å²) < 4.78 is 6.04. The van der Waals surface area contributed by atoms with Crippen LogP contribution in [0.4, 0.5) is 0 Å². The van der Waals surface area contributed by atoms with E-state index in [-0.39, 0.29) is 5.41 Å². The van der Waals surface area contributed by atoms with Crippen LogP contribution in [-0.2, 0) is 4.74 Å². The molecule has 0 radical (unpaired) electrons. The lowest BCUT2D eigenvalue weighted by Gasteiger charge is -2.41. The van der Waals surface area contributed by atoms with Crippen LogP contribution in [0, 0.1) is 17.3 Å². The van der Waals surface area contributed by atoms with E-state index in [0.29, 0.717) is 24.0 Å². The molecule has 14 heavy (non-hydrogen) atoms. The summed E-state index contributed by atoms with van der Waals surface area (Å²) in [6.07, 6.45) is 0.669. The molecule has 1 heteroatoms. The highest BCUT2D eigenvalue weighted by atomic mass is 16.5. The normalized spacial score (nSPS) is 15.6. The van der Waals surface area contributed by atoms with Gasteiger partial charge in [0.2, 0.25) is 0 Å². The summed E-state index contributed by atoms with van der Waals surface area (Å²) in [6.45, 7) is 17.9. The Hall–Kier alpha value is -0.0400. The minimum atomic E-state index is 0.248. The van der Waals surface area contributed by atoms with E-state index in [4.69, 9.17) is 4.74 Å². The van der Waals surface area contributed by atoms with Gasteiger partial charge in [-0.25, -0.2) is 0 Å². The standard InChI is InChI=1S/C13H28O/c1-9(2)12(14-11(5)6)13(7,8)10(3)4/h9-12H,1-8H3. The van der Waals surface area contributed by atoms with Crippen LogP contribution in [0.3, 0.4) is 0 Å². The molecule has 0 rings (SSSR count). The fraction of sp³-hybridized carbons (Fsp3) is 1.00. The van der Waals surface area contributed by atoms with Crippen molar-refractivity contribution in [3.05, 3.63) is 0 Å². The van der Waals surface area contributed by atoms with E-state index in [2.05, 4.69) is 55.4 Å². The Bertz CT molecular complexity index is 157. The number of hydrogen-bond donors (Lipinski definition) is 0. The number of rotatable bonds is 5. The van der Waals surface area contributed by atoms with Gasteiger partial charge in [-0.3, -0.25) is 0 Å².